The van der Waals surface area contributed by atoms with Crippen LogP contribution in [0.2, 0.25) is 0 Å². The van der Waals surface area contributed by atoms with Gasteiger partial charge in [0.2, 0.25) is 10.0 Å². The number of amides is 2. The van der Waals surface area contributed by atoms with Crippen molar-refractivity contribution in [2.75, 3.05) is 51.8 Å². The molecule has 0 radical (unpaired) electrons. The van der Waals surface area contributed by atoms with Gasteiger partial charge >= 0.3 is 6.03 Å². The summed E-state index contributed by atoms with van der Waals surface area (Å²) in [5.74, 6) is 0.174. The summed E-state index contributed by atoms with van der Waals surface area (Å²) < 4.78 is 70.7. The molecule has 0 spiro atoms. The van der Waals surface area contributed by atoms with E-state index in [1.165, 1.54) is 21.6 Å². The first-order valence-electron chi connectivity index (χ1n) is 11.9. The normalized spacial score (nSPS) is 17.4. The molecule has 1 saturated carbocycles. The molecule has 1 aliphatic heterocycles. The number of aryl methyl sites for hydroxylation is 1. The number of pyridine rings is 1. The first kappa shape index (κ1) is 26.6. The SMILES string of the molecule is Cc1nc(-c2nnc(C(F)F)s2)n2cc(S(=O)(=O)NC3(CF)CC3)cc(N3CCN(C(=O)N(C)C)CC3)c12. The van der Waals surface area contributed by atoms with Gasteiger partial charge in [-0.3, -0.25) is 4.40 Å². The van der Waals surface area contributed by atoms with Gasteiger partial charge in [-0.25, -0.2) is 36.1 Å². The maximum absolute atomic E-state index is 13.6. The van der Waals surface area contributed by atoms with Crippen LogP contribution >= 0.6 is 11.3 Å². The summed E-state index contributed by atoms with van der Waals surface area (Å²) in [6, 6.07) is 1.39. The number of nitrogens with one attached hydrogen (secondary N) is 1. The number of hydrogen-bond acceptors (Lipinski definition) is 8. The molecule has 5 rings (SSSR count). The first-order chi connectivity index (χ1) is 17.9. The molecule has 0 unspecified atom stereocenters. The molecule has 1 N–H and O–H groups in total. The van der Waals surface area contributed by atoms with Crippen molar-refractivity contribution < 1.29 is 26.4 Å². The highest BCUT2D eigenvalue weighted by molar-refractivity contribution is 7.89. The Kier molecular flexibility index (Phi) is 6.76. The molecule has 206 valence electrons. The van der Waals surface area contributed by atoms with Crippen molar-refractivity contribution in [3.8, 4) is 10.8 Å². The minimum absolute atomic E-state index is 0.112. The van der Waals surface area contributed by atoms with Gasteiger partial charge in [-0.15, -0.1) is 10.2 Å². The Morgan fingerprint density at radius 2 is 1.89 bits per heavy atom. The zero-order valence-electron chi connectivity index (χ0n) is 21.0. The highest BCUT2D eigenvalue weighted by Crippen LogP contribution is 2.39. The molecule has 0 bridgehead atoms. The lowest BCUT2D eigenvalue weighted by Gasteiger charge is -2.37. The average molecular weight is 573 g/mol. The molecule has 3 aromatic heterocycles. The number of nitrogens with zero attached hydrogens (tertiary/aromatic N) is 7. The predicted octanol–water partition coefficient (Wildman–Crippen LogP) is 2.68. The zero-order chi connectivity index (χ0) is 27.4. The lowest BCUT2D eigenvalue weighted by atomic mass is 10.2. The van der Waals surface area contributed by atoms with E-state index < -0.39 is 33.7 Å². The molecule has 1 saturated heterocycles. The summed E-state index contributed by atoms with van der Waals surface area (Å²) in [6.45, 7) is 2.59. The number of halogens is 3. The molecule has 16 heteroatoms. The van der Waals surface area contributed by atoms with Crippen LogP contribution in [0.25, 0.3) is 16.3 Å². The number of sulfonamides is 1. The Hall–Kier alpha value is -2.98. The highest BCUT2D eigenvalue weighted by Gasteiger charge is 2.46. The lowest BCUT2D eigenvalue weighted by molar-refractivity contribution is 0.150. The van der Waals surface area contributed by atoms with Crippen molar-refractivity contribution >= 4 is 38.6 Å². The topological polar surface area (TPSA) is 116 Å². The molecule has 0 atom stereocenters. The fourth-order valence-electron chi connectivity index (χ4n) is 4.48. The minimum atomic E-state index is -4.14. The largest absolute Gasteiger partial charge is 0.366 e. The molecule has 2 fully saturated rings. The summed E-state index contributed by atoms with van der Waals surface area (Å²) in [6.07, 6.45) is -0.659. The van der Waals surface area contributed by atoms with Crippen LogP contribution in [0.3, 0.4) is 0 Å². The van der Waals surface area contributed by atoms with Gasteiger partial charge in [0.05, 0.1) is 22.4 Å². The Labute approximate surface area is 221 Å². The fraction of sp³-hybridized carbons (Fsp3) is 0.545. The van der Waals surface area contributed by atoms with Gasteiger partial charge in [0.1, 0.15) is 11.6 Å². The van der Waals surface area contributed by atoms with Gasteiger partial charge < -0.3 is 14.7 Å². The highest BCUT2D eigenvalue weighted by atomic mass is 32.2. The summed E-state index contributed by atoms with van der Waals surface area (Å²) in [4.78, 5) is 22.0. The lowest BCUT2D eigenvalue weighted by Crippen LogP contribution is -2.51. The number of anilines is 1. The van der Waals surface area contributed by atoms with Gasteiger partial charge in [0.25, 0.3) is 6.43 Å². The van der Waals surface area contributed by atoms with E-state index in [1.54, 1.807) is 25.9 Å². The van der Waals surface area contributed by atoms with E-state index in [0.717, 1.165) is 0 Å². The predicted molar refractivity (Wildman–Crippen MR) is 135 cm³/mol. The fourth-order valence-corrected chi connectivity index (χ4v) is 6.62. The molecule has 2 amide bonds. The van der Waals surface area contributed by atoms with Crippen molar-refractivity contribution in [1.29, 1.82) is 0 Å². The first-order valence-corrected chi connectivity index (χ1v) is 14.2. The van der Waals surface area contributed by atoms with Gasteiger partial charge in [0.15, 0.2) is 15.8 Å². The van der Waals surface area contributed by atoms with Crippen LogP contribution in [0.5, 0.6) is 0 Å². The molecule has 4 heterocycles. The van der Waals surface area contributed by atoms with Gasteiger partial charge in [-0.2, -0.15) is 0 Å². The summed E-state index contributed by atoms with van der Waals surface area (Å²) >= 11 is 0.674. The van der Waals surface area contributed by atoms with Crippen LogP contribution in [0.15, 0.2) is 17.2 Å². The van der Waals surface area contributed by atoms with E-state index in [0.29, 0.717) is 67.3 Å². The maximum atomic E-state index is 13.6. The van der Waals surface area contributed by atoms with Gasteiger partial charge in [0, 0.05) is 46.5 Å². The quantitative estimate of drug-likeness (QED) is 0.463. The van der Waals surface area contributed by atoms with Crippen LogP contribution in [0.4, 0.5) is 23.7 Å². The number of piperazine rings is 1. The van der Waals surface area contributed by atoms with E-state index in [1.807, 2.05) is 4.90 Å². The zero-order valence-corrected chi connectivity index (χ0v) is 22.6. The van der Waals surface area contributed by atoms with Crippen LogP contribution in [-0.4, -0.2) is 96.3 Å². The second kappa shape index (κ2) is 9.64. The Morgan fingerprint density at radius 1 is 1.21 bits per heavy atom. The minimum Gasteiger partial charge on any atom is -0.366 e. The number of hydrogen-bond donors (Lipinski definition) is 1. The van der Waals surface area contributed by atoms with Gasteiger partial charge in [-0.1, -0.05) is 11.3 Å². The van der Waals surface area contributed by atoms with E-state index >= 15 is 0 Å². The van der Waals surface area contributed by atoms with Crippen molar-refractivity contribution in [3.05, 3.63) is 23.0 Å². The third kappa shape index (κ3) is 4.80. The molecule has 11 nitrogen and oxygen atoms in total. The summed E-state index contributed by atoms with van der Waals surface area (Å²) in [7, 11) is -0.794. The maximum Gasteiger partial charge on any atom is 0.319 e. The van der Waals surface area contributed by atoms with Crippen molar-refractivity contribution in [1.82, 2.24) is 34.1 Å². The summed E-state index contributed by atoms with van der Waals surface area (Å²) in [5, 5.41) is 7.04. The molecule has 2 aliphatic rings. The van der Waals surface area contributed by atoms with E-state index in [2.05, 4.69) is 19.9 Å². The second-order valence-corrected chi connectivity index (χ2v) is 12.4. The average Bonchev–Trinajstić information content (AvgIpc) is 3.31. The van der Waals surface area contributed by atoms with Crippen LogP contribution in [0, 0.1) is 6.92 Å². The third-order valence-corrected chi connectivity index (χ3v) is 9.20. The monoisotopic (exact) mass is 572 g/mol. The number of alkyl halides is 3. The van der Waals surface area contributed by atoms with Crippen molar-refractivity contribution in [2.45, 2.75) is 36.6 Å². The third-order valence-electron chi connectivity index (χ3n) is 6.73. The standard InChI is InChI=1S/C22H27F3N8O3S2/c1-13-16-15(31-6-8-32(9-7-31)21(34)30(2)3)10-14(38(35,36)29-22(12-23)4-5-22)11-33(16)18(26-13)20-28-27-19(37-20)17(24)25/h10-11,17,29H,4-9,12H2,1-3H3. The van der Waals surface area contributed by atoms with Gasteiger partial charge in [-0.05, 0) is 25.8 Å². The molecular formula is C22H27F3N8O3S2. The van der Waals surface area contributed by atoms with Crippen LogP contribution < -0.4 is 9.62 Å². The Bertz CT molecular complexity index is 1480. The number of aromatic nitrogens is 4. The number of rotatable bonds is 7. The molecule has 0 aromatic carbocycles. The number of urea groups is 1. The Balaban J connectivity index is 1.61. The smallest absolute Gasteiger partial charge is 0.319 e. The van der Waals surface area contributed by atoms with Crippen molar-refractivity contribution in [3.63, 3.8) is 0 Å². The molecular weight excluding hydrogens is 545 g/mol. The van der Waals surface area contributed by atoms with E-state index in [9.17, 15) is 26.4 Å². The number of carbonyl (C=O) groups is 1. The summed E-state index contributed by atoms with van der Waals surface area (Å²) in [5.41, 5.74) is 0.553. The Morgan fingerprint density at radius 3 is 2.45 bits per heavy atom. The number of carbonyl (C=O) groups excluding carboxylic acids is 1. The van der Waals surface area contributed by atoms with Crippen LogP contribution in [-0.2, 0) is 10.0 Å². The number of imidazole rings is 1. The number of fused-ring (bicyclic) bond motifs is 1. The van der Waals surface area contributed by atoms with Crippen LogP contribution in [0.1, 0.15) is 30.0 Å². The molecule has 38 heavy (non-hydrogen) atoms. The molecule has 3 aromatic rings. The van der Waals surface area contributed by atoms with E-state index in [4.69, 9.17) is 0 Å². The van der Waals surface area contributed by atoms with E-state index in [-0.39, 0.29) is 21.8 Å². The van der Waals surface area contributed by atoms with Crippen molar-refractivity contribution in [2.24, 2.45) is 0 Å². The molecule has 1 aliphatic carbocycles. The second-order valence-electron chi connectivity index (χ2n) is 9.72.